The van der Waals surface area contributed by atoms with E-state index >= 15 is 0 Å². The minimum absolute atomic E-state index is 0. The van der Waals surface area contributed by atoms with Crippen molar-refractivity contribution in [3.63, 3.8) is 0 Å². The second kappa shape index (κ2) is 11.6. The van der Waals surface area contributed by atoms with Crippen LogP contribution < -0.4 is 5.32 Å². The van der Waals surface area contributed by atoms with E-state index in [-0.39, 0.29) is 47.9 Å². The molecule has 168 valence electrons. The van der Waals surface area contributed by atoms with Gasteiger partial charge in [-0.1, -0.05) is 18.2 Å². The number of piperidine rings is 1. The summed E-state index contributed by atoms with van der Waals surface area (Å²) in [7, 11) is 0. The topological polar surface area (TPSA) is 46.1 Å². The molecule has 7 heteroatoms. The van der Waals surface area contributed by atoms with Crippen LogP contribution in [0.25, 0.3) is 0 Å². The number of ether oxygens (including phenoxy) is 2. The number of aliphatic imine (C=N–C) groups is 1. The fourth-order valence-electron chi connectivity index (χ4n) is 4.44. The van der Waals surface area contributed by atoms with Crippen LogP contribution in [-0.2, 0) is 9.47 Å². The zero-order chi connectivity index (χ0) is 20.1. The molecular formula is C23H35FIN3O2. The van der Waals surface area contributed by atoms with Crippen molar-refractivity contribution < 1.29 is 13.9 Å². The first-order valence-electron chi connectivity index (χ1n) is 11.3. The van der Waals surface area contributed by atoms with Gasteiger partial charge in [-0.25, -0.2) is 4.39 Å². The Hall–Kier alpha value is -0.930. The summed E-state index contributed by atoms with van der Waals surface area (Å²) in [5.74, 6) is 1.11. The van der Waals surface area contributed by atoms with E-state index in [2.05, 4.69) is 17.1 Å². The lowest BCUT2D eigenvalue weighted by atomic mass is 10.1. The normalized spacial score (nSPS) is 27.5. The van der Waals surface area contributed by atoms with Gasteiger partial charge in [0.25, 0.3) is 0 Å². The molecule has 5 nitrogen and oxygen atoms in total. The van der Waals surface area contributed by atoms with E-state index in [4.69, 9.17) is 14.5 Å². The van der Waals surface area contributed by atoms with Crippen LogP contribution in [0.15, 0.2) is 29.3 Å². The Morgan fingerprint density at radius 2 is 2.03 bits per heavy atom. The predicted molar refractivity (Wildman–Crippen MR) is 128 cm³/mol. The van der Waals surface area contributed by atoms with E-state index in [9.17, 15) is 4.39 Å². The van der Waals surface area contributed by atoms with Crippen molar-refractivity contribution in [1.82, 2.24) is 10.2 Å². The van der Waals surface area contributed by atoms with Gasteiger partial charge < -0.3 is 19.7 Å². The van der Waals surface area contributed by atoms with E-state index < -0.39 is 0 Å². The number of hydrogen-bond acceptors (Lipinski definition) is 3. The second-order valence-electron chi connectivity index (χ2n) is 8.42. The van der Waals surface area contributed by atoms with Gasteiger partial charge in [0.15, 0.2) is 5.96 Å². The number of hydrogen-bond donors (Lipinski definition) is 1. The Morgan fingerprint density at radius 3 is 2.73 bits per heavy atom. The molecule has 0 aromatic heterocycles. The lowest BCUT2D eigenvalue weighted by Crippen LogP contribution is -2.48. The van der Waals surface area contributed by atoms with Crippen LogP contribution in [0.2, 0.25) is 0 Å². The third-order valence-electron chi connectivity index (χ3n) is 6.25. The van der Waals surface area contributed by atoms with E-state index in [1.807, 2.05) is 12.1 Å². The summed E-state index contributed by atoms with van der Waals surface area (Å²) in [6, 6.07) is 7.39. The van der Waals surface area contributed by atoms with Crippen molar-refractivity contribution in [2.45, 2.75) is 69.6 Å². The van der Waals surface area contributed by atoms with Crippen molar-refractivity contribution in [2.24, 2.45) is 4.99 Å². The molecule has 30 heavy (non-hydrogen) atoms. The monoisotopic (exact) mass is 531 g/mol. The standard InChI is InChI=1S/C23H34FN3O2.HI/c1-2-25-23(26-22-15-20(22)19-8-3-4-9-21(19)24)27-12-10-17(11-13-27)29-16-18-7-5-6-14-28-18;/h3-4,8-9,17-18,20,22H,2,5-7,10-16H2,1H3,(H,25,26);1H. The first-order valence-corrected chi connectivity index (χ1v) is 11.3. The Labute approximate surface area is 196 Å². The van der Waals surface area contributed by atoms with E-state index in [0.29, 0.717) is 6.10 Å². The molecular weight excluding hydrogens is 496 g/mol. The molecule has 3 aliphatic rings. The van der Waals surface area contributed by atoms with Crippen molar-refractivity contribution in [1.29, 1.82) is 0 Å². The lowest BCUT2D eigenvalue weighted by Gasteiger charge is -2.35. The van der Waals surface area contributed by atoms with E-state index in [1.54, 1.807) is 12.1 Å². The van der Waals surface area contributed by atoms with Crippen molar-refractivity contribution in [3.05, 3.63) is 35.6 Å². The Bertz CT molecular complexity index is 691. The number of guanidine groups is 1. The highest BCUT2D eigenvalue weighted by atomic mass is 127. The van der Waals surface area contributed by atoms with E-state index in [1.165, 1.54) is 12.8 Å². The average molecular weight is 531 g/mol. The number of likely N-dealkylation sites (tertiary alicyclic amines) is 1. The molecule has 0 bridgehead atoms. The first kappa shape index (κ1) is 23.7. The van der Waals surface area contributed by atoms with Gasteiger partial charge in [0.1, 0.15) is 5.82 Å². The van der Waals surface area contributed by atoms with Gasteiger partial charge in [0.2, 0.25) is 0 Å². The summed E-state index contributed by atoms with van der Waals surface area (Å²) in [6.45, 7) is 6.30. The van der Waals surface area contributed by atoms with E-state index in [0.717, 1.165) is 70.1 Å². The minimum Gasteiger partial charge on any atom is -0.376 e. The average Bonchev–Trinajstić information content (AvgIpc) is 3.52. The Morgan fingerprint density at radius 1 is 1.23 bits per heavy atom. The smallest absolute Gasteiger partial charge is 0.194 e. The molecule has 1 aromatic carbocycles. The van der Waals surface area contributed by atoms with Gasteiger partial charge in [0, 0.05) is 38.2 Å². The van der Waals surface area contributed by atoms with Gasteiger partial charge in [0.05, 0.1) is 18.8 Å². The summed E-state index contributed by atoms with van der Waals surface area (Å²) in [5, 5.41) is 3.58. The highest BCUT2D eigenvalue weighted by Gasteiger charge is 2.41. The van der Waals surface area contributed by atoms with Gasteiger partial charge in [-0.3, -0.25) is 4.99 Å². The molecule has 0 amide bonds. The molecule has 3 atom stereocenters. The van der Waals surface area contributed by atoms with Crippen molar-refractivity contribution in [2.75, 3.05) is 32.8 Å². The van der Waals surface area contributed by atoms with Crippen LogP contribution in [0.1, 0.15) is 56.9 Å². The quantitative estimate of drug-likeness (QED) is 0.338. The van der Waals surface area contributed by atoms with Crippen LogP contribution in [0.3, 0.4) is 0 Å². The molecule has 3 unspecified atom stereocenters. The zero-order valence-corrected chi connectivity index (χ0v) is 20.2. The molecule has 2 saturated heterocycles. The molecule has 1 aliphatic carbocycles. The molecule has 0 spiro atoms. The number of rotatable bonds is 6. The molecule has 1 aromatic rings. The SMILES string of the molecule is CCN=C(NC1CC1c1ccccc1F)N1CCC(OCC2CCCCO2)CC1.I. The summed E-state index contributed by atoms with van der Waals surface area (Å²) in [4.78, 5) is 7.03. The summed E-state index contributed by atoms with van der Waals surface area (Å²) >= 11 is 0. The minimum atomic E-state index is -0.101. The summed E-state index contributed by atoms with van der Waals surface area (Å²) < 4.78 is 26.0. The second-order valence-corrected chi connectivity index (χ2v) is 8.42. The Balaban J connectivity index is 0.00000256. The molecule has 2 aliphatic heterocycles. The molecule has 3 fully saturated rings. The zero-order valence-electron chi connectivity index (χ0n) is 17.9. The molecule has 2 heterocycles. The third kappa shape index (κ3) is 6.29. The highest BCUT2D eigenvalue weighted by Crippen LogP contribution is 2.42. The van der Waals surface area contributed by atoms with Gasteiger partial charge in [-0.2, -0.15) is 0 Å². The number of nitrogens with one attached hydrogen (secondary N) is 1. The Kier molecular flexibility index (Phi) is 9.19. The van der Waals surface area contributed by atoms with Crippen LogP contribution in [0.5, 0.6) is 0 Å². The van der Waals surface area contributed by atoms with Crippen LogP contribution >= 0.6 is 24.0 Å². The predicted octanol–water partition coefficient (Wildman–Crippen LogP) is 4.32. The maximum Gasteiger partial charge on any atom is 0.194 e. The highest BCUT2D eigenvalue weighted by molar-refractivity contribution is 14.0. The van der Waals surface area contributed by atoms with Crippen molar-refractivity contribution >= 4 is 29.9 Å². The maximum absolute atomic E-state index is 14.1. The molecule has 4 rings (SSSR count). The van der Waals surface area contributed by atoms with Gasteiger partial charge >= 0.3 is 0 Å². The number of benzene rings is 1. The van der Waals surface area contributed by atoms with Crippen LogP contribution in [0.4, 0.5) is 4.39 Å². The van der Waals surface area contributed by atoms with Crippen LogP contribution in [-0.4, -0.2) is 62.0 Å². The fourth-order valence-corrected chi connectivity index (χ4v) is 4.44. The van der Waals surface area contributed by atoms with Crippen molar-refractivity contribution in [3.8, 4) is 0 Å². The largest absolute Gasteiger partial charge is 0.376 e. The first-order chi connectivity index (χ1) is 14.2. The lowest BCUT2D eigenvalue weighted by molar-refractivity contribution is -0.0721. The molecule has 0 radical (unpaired) electrons. The van der Waals surface area contributed by atoms with Gasteiger partial charge in [-0.15, -0.1) is 24.0 Å². The summed E-state index contributed by atoms with van der Waals surface area (Å²) in [5.41, 5.74) is 0.817. The fraction of sp³-hybridized carbons (Fsp3) is 0.696. The third-order valence-corrected chi connectivity index (χ3v) is 6.25. The number of nitrogens with zero attached hydrogens (tertiary/aromatic N) is 2. The number of halogens is 2. The summed E-state index contributed by atoms with van der Waals surface area (Å²) in [6.07, 6.45) is 7.14. The molecule has 1 N–H and O–H groups in total. The molecule has 1 saturated carbocycles. The maximum atomic E-state index is 14.1. The van der Waals surface area contributed by atoms with Gasteiger partial charge in [-0.05, 0) is 57.1 Å². The van der Waals surface area contributed by atoms with Crippen LogP contribution in [0, 0.1) is 5.82 Å².